The van der Waals surface area contributed by atoms with Gasteiger partial charge in [0, 0.05) is 24.7 Å². The molecule has 0 atom stereocenters. The van der Waals surface area contributed by atoms with E-state index >= 15 is 0 Å². The zero-order valence-electron chi connectivity index (χ0n) is 16.8. The van der Waals surface area contributed by atoms with E-state index in [1.165, 1.54) is 4.31 Å². The molecular formula is C21H23N3O3S3. The molecule has 9 heteroatoms. The van der Waals surface area contributed by atoms with Crippen LogP contribution in [0.2, 0.25) is 0 Å². The molecule has 1 fully saturated rings. The molecule has 1 aliphatic heterocycles. The highest BCUT2D eigenvalue weighted by molar-refractivity contribution is 8.00. The van der Waals surface area contributed by atoms with E-state index in [-0.39, 0.29) is 11.8 Å². The molecule has 0 radical (unpaired) electrons. The smallest absolute Gasteiger partial charge is 0.243 e. The van der Waals surface area contributed by atoms with Crippen LogP contribution in [-0.2, 0) is 14.8 Å². The summed E-state index contributed by atoms with van der Waals surface area (Å²) in [5.74, 6) is -0.260. The van der Waals surface area contributed by atoms with E-state index in [0.717, 1.165) is 25.8 Å². The summed E-state index contributed by atoms with van der Waals surface area (Å²) < 4.78 is 29.2. The maximum Gasteiger partial charge on any atom is 0.243 e. The van der Waals surface area contributed by atoms with Crippen molar-refractivity contribution in [2.45, 2.75) is 29.0 Å². The van der Waals surface area contributed by atoms with Gasteiger partial charge in [-0.1, -0.05) is 29.5 Å². The van der Waals surface area contributed by atoms with E-state index in [2.05, 4.69) is 10.3 Å². The zero-order valence-corrected chi connectivity index (χ0v) is 19.2. The van der Waals surface area contributed by atoms with Gasteiger partial charge in [-0.15, -0.1) is 11.3 Å². The number of hydrogen-bond acceptors (Lipinski definition) is 6. The molecule has 30 heavy (non-hydrogen) atoms. The van der Waals surface area contributed by atoms with Crippen LogP contribution in [-0.4, -0.2) is 43.0 Å². The molecule has 1 aromatic heterocycles. The summed E-state index contributed by atoms with van der Waals surface area (Å²) in [6.45, 7) is 2.62. The number of carbonyl (C=O) groups excluding carboxylic acids is 1. The fraction of sp³-hybridized carbons (Fsp3) is 0.333. The number of nitrogens with one attached hydrogen (secondary N) is 1. The molecule has 4 rings (SSSR count). The highest BCUT2D eigenvalue weighted by Crippen LogP contribution is 2.31. The number of anilines is 1. The van der Waals surface area contributed by atoms with E-state index in [1.807, 2.05) is 31.4 Å². The first-order chi connectivity index (χ1) is 14.4. The lowest BCUT2D eigenvalue weighted by atomic mass is 9.97. The van der Waals surface area contributed by atoms with E-state index in [4.69, 9.17) is 0 Å². The number of carbonyl (C=O) groups is 1. The van der Waals surface area contributed by atoms with Crippen molar-refractivity contribution in [2.75, 3.05) is 24.7 Å². The largest absolute Gasteiger partial charge is 0.326 e. The predicted molar refractivity (Wildman–Crippen MR) is 123 cm³/mol. The van der Waals surface area contributed by atoms with Gasteiger partial charge in [-0.2, -0.15) is 4.31 Å². The number of amides is 1. The van der Waals surface area contributed by atoms with Crippen LogP contribution in [0.1, 0.15) is 18.4 Å². The average Bonchev–Trinajstić information content (AvgIpc) is 3.16. The lowest BCUT2D eigenvalue weighted by Gasteiger charge is -2.30. The standard InChI is InChI=1S/C21H23N3O3S3/c1-14-3-6-17(7-4-14)30(26,27)24-11-9-15(10-12-24)20(25)22-16-5-8-18-19(13-16)29-21(23-18)28-2/h3-8,13,15H,9-12H2,1-2H3,(H,22,25). The number of aryl methyl sites for hydroxylation is 1. The highest BCUT2D eigenvalue weighted by Gasteiger charge is 2.32. The first-order valence-corrected chi connectivity index (χ1v) is 13.2. The molecule has 0 saturated carbocycles. The molecule has 1 saturated heterocycles. The topological polar surface area (TPSA) is 79.4 Å². The zero-order chi connectivity index (χ0) is 21.3. The number of thiazole rings is 1. The Morgan fingerprint density at radius 2 is 1.87 bits per heavy atom. The Bertz CT molecular complexity index is 1170. The average molecular weight is 462 g/mol. The van der Waals surface area contributed by atoms with E-state index in [9.17, 15) is 13.2 Å². The Morgan fingerprint density at radius 3 is 2.53 bits per heavy atom. The van der Waals surface area contributed by atoms with Crippen LogP contribution in [0.25, 0.3) is 10.2 Å². The maximum absolute atomic E-state index is 12.8. The summed E-state index contributed by atoms with van der Waals surface area (Å²) in [6.07, 6.45) is 3.01. The molecule has 1 aliphatic rings. The molecule has 0 aliphatic carbocycles. The third-order valence-corrected chi connectivity index (χ3v) is 9.21. The molecule has 6 nitrogen and oxygen atoms in total. The van der Waals surface area contributed by atoms with Gasteiger partial charge in [0.2, 0.25) is 15.9 Å². The maximum atomic E-state index is 12.8. The monoisotopic (exact) mass is 461 g/mol. The molecule has 1 N–H and O–H groups in total. The van der Waals surface area contributed by atoms with Crippen LogP contribution in [0.15, 0.2) is 51.7 Å². The van der Waals surface area contributed by atoms with Gasteiger partial charge in [-0.3, -0.25) is 4.79 Å². The van der Waals surface area contributed by atoms with Crippen molar-refractivity contribution in [3.05, 3.63) is 48.0 Å². The van der Waals surface area contributed by atoms with Crippen molar-refractivity contribution in [1.29, 1.82) is 0 Å². The fourth-order valence-corrected chi connectivity index (χ4v) is 6.53. The van der Waals surface area contributed by atoms with Gasteiger partial charge in [0.1, 0.15) is 0 Å². The van der Waals surface area contributed by atoms with Crippen LogP contribution < -0.4 is 5.32 Å². The van der Waals surface area contributed by atoms with Gasteiger partial charge in [-0.05, 0) is 56.4 Å². The lowest BCUT2D eigenvalue weighted by Crippen LogP contribution is -2.41. The molecule has 3 aromatic rings. The number of nitrogens with zero attached hydrogens (tertiary/aromatic N) is 2. The first-order valence-electron chi connectivity index (χ1n) is 9.69. The summed E-state index contributed by atoms with van der Waals surface area (Å²) in [7, 11) is -3.52. The second kappa shape index (κ2) is 8.66. The minimum Gasteiger partial charge on any atom is -0.326 e. The fourth-order valence-electron chi connectivity index (χ4n) is 3.53. The number of aromatic nitrogens is 1. The minimum atomic E-state index is -3.52. The Balaban J connectivity index is 1.39. The first kappa shape index (κ1) is 21.3. The van der Waals surface area contributed by atoms with Gasteiger partial charge in [0.05, 0.1) is 15.1 Å². The second-order valence-electron chi connectivity index (χ2n) is 7.35. The number of thioether (sulfide) groups is 1. The molecular weight excluding hydrogens is 438 g/mol. The van der Waals surface area contributed by atoms with Gasteiger partial charge in [0.25, 0.3) is 0 Å². The van der Waals surface area contributed by atoms with E-state index < -0.39 is 10.0 Å². The number of rotatable bonds is 5. The predicted octanol–water partition coefficient (Wildman–Crippen LogP) is 4.37. The van der Waals surface area contributed by atoms with Crippen molar-refractivity contribution in [2.24, 2.45) is 5.92 Å². The van der Waals surface area contributed by atoms with Crippen LogP contribution in [0.5, 0.6) is 0 Å². The van der Waals surface area contributed by atoms with Gasteiger partial charge >= 0.3 is 0 Å². The molecule has 0 bridgehead atoms. The Labute approximate surface area is 184 Å². The Morgan fingerprint density at radius 1 is 1.17 bits per heavy atom. The van der Waals surface area contributed by atoms with Crippen LogP contribution in [0.4, 0.5) is 5.69 Å². The molecule has 0 unspecified atom stereocenters. The summed E-state index contributed by atoms with van der Waals surface area (Å²) >= 11 is 3.21. The van der Waals surface area contributed by atoms with Crippen LogP contribution in [0, 0.1) is 12.8 Å². The molecule has 158 valence electrons. The van der Waals surface area contributed by atoms with Crippen molar-refractivity contribution in [3.63, 3.8) is 0 Å². The SMILES string of the molecule is CSc1nc2ccc(NC(=O)C3CCN(S(=O)(=O)c4ccc(C)cc4)CC3)cc2s1. The van der Waals surface area contributed by atoms with Gasteiger partial charge in [0.15, 0.2) is 4.34 Å². The van der Waals surface area contributed by atoms with Crippen molar-refractivity contribution < 1.29 is 13.2 Å². The molecule has 2 aromatic carbocycles. The quantitative estimate of drug-likeness (QED) is 0.571. The third-order valence-electron chi connectivity index (χ3n) is 5.29. The number of sulfonamides is 1. The van der Waals surface area contributed by atoms with Crippen molar-refractivity contribution >= 4 is 54.9 Å². The van der Waals surface area contributed by atoms with Crippen LogP contribution in [0.3, 0.4) is 0 Å². The summed E-state index contributed by atoms with van der Waals surface area (Å²) in [5, 5.41) is 2.99. The van der Waals surface area contributed by atoms with Crippen molar-refractivity contribution in [1.82, 2.24) is 9.29 Å². The summed E-state index contributed by atoms with van der Waals surface area (Å²) in [5.41, 5.74) is 2.70. The van der Waals surface area contributed by atoms with Crippen molar-refractivity contribution in [3.8, 4) is 0 Å². The molecule has 0 spiro atoms. The lowest BCUT2D eigenvalue weighted by molar-refractivity contribution is -0.120. The van der Waals surface area contributed by atoms with E-state index in [0.29, 0.717) is 30.8 Å². The highest BCUT2D eigenvalue weighted by atomic mass is 32.2. The Kier molecular flexibility index (Phi) is 6.15. The van der Waals surface area contributed by atoms with Gasteiger partial charge in [-0.25, -0.2) is 13.4 Å². The summed E-state index contributed by atoms with van der Waals surface area (Å²) in [4.78, 5) is 17.5. The second-order valence-corrected chi connectivity index (χ2v) is 11.4. The molecule has 1 amide bonds. The van der Waals surface area contributed by atoms with E-state index in [1.54, 1.807) is 47.4 Å². The number of piperidine rings is 1. The summed E-state index contributed by atoms with van der Waals surface area (Å²) in [6, 6.07) is 12.6. The normalized spacial score (nSPS) is 16.1. The number of hydrogen-bond donors (Lipinski definition) is 1. The van der Waals surface area contributed by atoms with Gasteiger partial charge < -0.3 is 5.32 Å². The Hall–Kier alpha value is -1.94. The minimum absolute atomic E-state index is 0.0589. The third kappa shape index (κ3) is 4.39. The molecule has 2 heterocycles. The van der Waals surface area contributed by atoms with Crippen LogP contribution >= 0.6 is 23.1 Å². The number of benzene rings is 2. The number of fused-ring (bicyclic) bond motifs is 1.